The van der Waals surface area contributed by atoms with Crippen LogP contribution in [0.15, 0.2) is 12.1 Å². The number of ether oxygens (including phenoxy) is 1. The van der Waals surface area contributed by atoms with Crippen molar-refractivity contribution < 1.29 is 9.53 Å². The third-order valence-corrected chi connectivity index (χ3v) is 4.46. The lowest BCUT2D eigenvalue weighted by Gasteiger charge is -2.22. The predicted molar refractivity (Wildman–Crippen MR) is 79.0 cm³/mol. The summed E-state index contributed by atoms with van der Waals surface area (Å²) in [7, 11) is 0. The fourth-order valence-corrected chi connectivity index (χ4v) is 3.41. The normalized spacial score (nSPS) is 26.4. The van der Waals surface area contributed by atoms with E-state index in [1.807, 2.05) is 19.1 Å². The zero-order chi connectivity index (χ0) is 14.3. The lowest BCUT2D eigenvalue weighted by molar-refractivity contribution is -0.117. The molecule has 3 N–H and O–H groups in total. The predicted octanol–water partition coefficient (Wildman–Crippen LogP) is 2.96. The molecule has 3 rings (SSSR count). The van der Waals surface area contributed by atoms with Gasteiger partial charge < -0.3 is 15.8 Å². The molecular formula is C15H19ClN2O2. The third kappa shape index (κ3) is 2.22. The van der Waals surface area contributed by atoms with Crippen LogP contribution < -0.4 is 11.1 Å². The van der Waals surface area contributed by atoms with Crippen molar-refractivity contribution in [2.75, 3.05) is 11.9 Å². The van der Waals surface area contributed by atoms with Gasteiger partial charge in [0.05, 0.1) is 18.1 Å². The van der Waals surface area contributed by atoms with Crippen LogP contribution in [0.1, 0.15) is 49.3 Å². The Labute approximate surface area is 123 Å². The highest BCUT2D eigenvalue weighted by molar-refractivity contribution is 6.31. The Kier molecular flexibility index (Phi) is 3.71. The maximum absolute atomic E-state index is 12.0. The molecule has 3 atom stereocenters. The summed E-state index contributed by atoms with van der Waals surface area (Å²) in [6, 6.07) is 3.47. The molecule has 1 amide bonds. The minimum Gasteiger partial charge on any atom is -0.376 e. The van der Waals surface area contributed by atoms with Gasteiger partial charge >= 0.3 is 0 Å². The van der Waals surface area contributed by atoms with Crippen molar-refractivity contribution in [1.29, 1.82) is 0 Å². The number of amides is 1. The highest BCUT2D eigenvalue weighted by atomic mass is 35.5. The second-order valence-electron chi connectivity index (χ2n) is 5.49. The first-order valence-electron chi connectivity index (χ1n) is 7.13. The molecule has 4 nitrogen and oxygen atoms in total. The lowest BCUT2D eigenvalue weighted by atomic mass is 9.92. The highest BCUT2D eigenvalue weighted by Crippen LogP contribution is 2.42. The van der Waals surface area contributed by atoms with Gasteiger partial charge in [-0.1, -0.05) is 18.5 Å². The van der Waals surface area contributed by atoms with Gasteiger partial charge in [-0.25, -0.2) is 0 Å². The summed E-state index contributed by atoms with van der Waals surface area (Å²) >= 11 is 6.21. The summed E-state index contributed by atoms with van der Waals surface area (Å²) in [6.07, 6.45) is 2.75. The van der Waals surface area contributed by atoms with E-state index < -0.39 is 0 Å². The van der Waals surface area contributed by atoms with Crippen LogP contribution in [0.5, 0.6) is 0 Å². The van der Waals surface area contributed by atoms with Crippen LogP contribution in [0.4, 0.5) is 5.69 Å². The Morgan fingerprint density at radius 1 is 1.55 bits per heavy atom. The molecule has 1 aromatic carbocycles. The third-order valence-electron chi connectivity index (χ3n) is 4.24. The van der Waals surface area contributed by atoms with Gasteiger partial charge in [0.15, 0.2) is 0 Å². The number of nitrogens with one attached hydrogen (secondary N) is 1. The largest absolute Gasteiger partial charge is 0.376 e. The SMILES string of the molecule is CCC1C(=O)Nc2c1cc(Cl)cc2C(N)C1CCCO1. The van der Waals surface area contributed by atoms with Crippen molar-refractivity contribution in [2.24, 2.45) is 5.73 Å². The van der Waals surface area contributed by atoms with Crippen LogP contribution in [0.3, 0.4) is 0 Å². The topological polar surface area (TPSA) is 64.4 Å². The smallest absolute Gasteiger partial charge is 0.232 e. The Morgan fingerprint density at radius 2 is 2.35 bits per heavy atom. The zero-order valence-corrected chi connectivity index (χ0v) is 12.2. The van der Waals surface area contributed by atoms with Crippen LogP contribution in [-0.4, -0.2) is 18.6 Å². The molecule has 2 aliphatic heterocycles. The fraction of sp³-hybridized carbons (Fsp3) is 0.533. The summed E-state index contributed by atoms with van der Waals surface area (Å²) in [5, 5.41) is 3.59. The molecule has 1 fully saturated rings. The number of fused-ring (bicyclic) bond motifs is 1. The molecule has 108 valence electrons. The molecule has 0 spiro atoms. The molecular weight excluding hydrogens is 276 g/mol. The van der Waals surface area contributed by atoms with Crippen LogP contribution in [0.2, 0.25) is 5.02 Å². The number of hydrogen-bond acceptors (Lipinski definition) is 3. The molecule has 1 saturated heterocycles. The van der Waals surface area contributed by atoms with Gasteiger partial charge in [0.2, 0.25) is 5.91 Å². The van der Waals surface area contributed by atoms with Gasteiger partial charge in [0.1, 0.15) is 0 Å². The average molecular weight is 295 g/mol. The van der Waals surface area contributed by atoms with Crippen molar-refractivity contribution in [1.82, 2.24) is 0 Å². The molecule has 20 heavy (non-hydrogen) atoms. The van der Waals surface area contributed by atoms with Gasteiger partial charge in [-0.3, -0.25) is 4.79 Å². The van der Waals surface area contributed by atoms with Gasteiger partial charge in [-0.2, -0.15) is 0 Å². The Balaban J connectivity index is 2.02. The van der Waals surface area contributed by atoms with Crippen LogP contribution in [0.25, 0.3) is 0 Å². The molecule has 2 heterocycles. The average Bonchev–Trinajstić information content (AvgIpc) is 3.04. The van der Waals surface area contributed by atoms with Gasteiger partial charge in [-0.05, 0) is 42.5 Å². The first-order chi connectivity index (χ1) is 9.61. The second-order valence-corrected chi connectivity index (χ2v) is 5.92. The summed E-state index contributed by atoms with van der Waals surface area (Å²) in [5.41, 5.74) is 9.04. The van der Waals surface area contributed by atoms with Gasteiger partial charge in [-0.15, -0.1) is 0 Å². The van der Waals surface area contributed by atoms with Crippen LogP contribution >= 0.6 is 11.6 Å². The van der Waals surface area contributed by atoms with Crippen molar-refractivity contribution in [3.05, 3.63) is 28.3 Å². The maximum Gasteiger partial charge on any atom is 0.232 e. The first-order valence-corrected chi connectivity index (χ1v) is 7.51. The summed E-state index contributed by atoms with van der Waals surface area (Å²) in [4.78, 5) is 12.0. The summed E-state index contributed by atoms with van der Waals surface area (Å²) < 4.78 is 5.67. The maximum atomic E-state index is 12.0. The first kappa shape index (κ1) is 13.9. The minimum atomic E-state index is -0.249. The molecule has 1 aromatic rings. The van der Waals surface area contributed by atoms with Crippen molar-refractivity contribution >= 4 is 23.2 Å². The molecule has 0 aromatic heterocycles. The highest BCUT2D eigenvalue weighted by Gasteiger charge is 2.34. The van der Waals surface area contributed by atoms with E-state index in [4.69, 9.17) is 22.1 Å². The summed E-state index contributed by atoms with van der Waals surface area (Å²) in [6.45, 7) is 2.75. The number of carbonyl (C=O) groups excluding carboxylic acids is 1. The van der Waals surface area contributed by atoms with E-state index in [-0.39, 0.29) is 24.0 Å². The Bertz CT molecular complexity index is 541. The van der Waals surface area contributed by atoms with E-state index in [1.54, 1.807) is 0 Å². The standard InChI is InChI=1S/C15H19ClN2O2/c1-2-9-10-6-8(16)7-11(14(10)18-15(9)19)13(17)12-4-3-5-20-12/h6-7,9,12-13H,2-5,17H2,1H3,(H,18,19). The number of carbonyl (C=O) groups is 1. The number of hydrogen-bond donors (Lipinski definition) is 2. The number of benzene rings is 1. The van der Waals surface area contributed by atoms with Gasteiger partial charge in [0, 0.05) is 17.3 Å². The van der Waals surface area contributed by atoms with Gasteiger partial charge in [0.25, 0.3) is 0 Å². The number of nitrogens with two attached hydrogens (primary N) is 1. The van der Waals surface area contributed by atoms with Crippen molar-refractivity contribution in [3.63, 3.8) is 0 Å². The number of rotatable bonds is 3. The Morgan fingerprint density at radius 3 is 3.00 bits per heavy atom. The molecule has 0 bridgehead atoms. The van der Waals surface area contributed by atoms with E-state index in [0.29, 0.717) is 5.02 Å². The zero-order valence-electron chi connectivity index (χ0n) is 11.5. The number of halogens is 1. The van der Waals surface area contributed by atoms with Crippen LogP contribution in [-0.2, 0) is 9.53 Å². The van der Waals surface area contributed by atoms with E-state index >= 15 is 0 Å². The fourth-order valence-electron chi connectivity index (χ4n) is 3.17. The van der Waals surface area contributed by atoms with E-state index in [1.165, 1.54) is 0 Å². The van der Waals surface area contributed by atoms with E-state index in [9.17, 15) is 4.79 Å². The molecule has 2 aliphatic rings. The lowest BCUT2D eigenvalue weighted by Crippen LogP contribution is -2.26. The minimum absolute atomic E-state index is 0.00939. The molecule has 5 heteroatoms. The molecule has 0 aliphatic carbocycles. The van der Waals surface area contributed by atoms with Crippen molar-refractivity contribution in [3.8, 4) is 0 Å². The van der Waals surface area contributed by atoms with E-state index in [2.05, 4.69) is 5.32 Å². The van der Waals surface area contributed by atoms with Crippen LogP contribution in [0, 0.1) is 0 Å². The monoisotopic (exact) mass is 294 g/mol. The molecule has 0 radical (unpaired) electrons. The summed E-state index contributed by atoms with van der Waals surface area (Å²) in [5.74, 6) is -0.0929. The quantitative estimate of drug-likeness (QED) is 0.901. The molecule has 3 unspecified atom stereocenters. The number of anilines is 1. The second kappa shape index (κ2) is 5.35. The van der Waals surface area contributed by atoms with Crippen molar-refractivity contribution in [2.45, 2.75) is 44.2 Å². The molecule has 0 saturated carbocycles. The Hall–Kier alpha value is -1.10. The van der Waals surface area contributed by atoms with E-state index in [0.717, 1.165) is 42.7 Å².